The minimum absolute atomic E-state index is 0.101. The number of para-hydroxylation sites is 1. The summed E-state index contributed by atoms with van der Waals surface area (Å²) in [4.78, 5) is 21.8. The Morgan fingerprint density at radius 3 is 2.88 bits per heavy atom. The van der Waals surface area contributed by atoms with Gasteiger partial charge < -0.3 is 15.2 Å². The topological polar surface area (TPSA) is 61.0 Å². The van der Waals surface area contributed by atoms with Crippen molar-refractivity contribution in [3.8, 4) is 0 Å². The fourth-order valence-corrected chi connectivity index (χ4v) is 3.84. The fraction of sp³-hybridized carbons (Fsp3) is 0.526. The van der Waals surface area contributed by atoms with Crippen LogP contribution in [0.4, 0.5) is 0 Å². The van der Waals surface area contributed by atoms with Gasteiger partial charge in [0.25, 0.3) is 5.56 Å². The SMILES string of the molecule is CCN(Cc1nc2ccccc2c(=O)[nH]1)C(=S)N[C@H]1CCCC[C@H]1C. The van der Waals surface area contributed by atoms with E-state index in [-0.39, 0.29) is 5.56 Å². The maximum atomic E-state index is 12.2. The molecular formula is C19H26N4OS. The van der Waals surface area contributed by atoms with Gasteiger partial charge in [-0.2, -0.15) is 0 Å². The third-order valence-electron chi connectivity index (χ3n) is 5.09. The largest absolute Gasteiger partial charge is 0.360 e. The van der Waals surface area contributed by atoms with Gasteiger partial charge >= 0.3 is 0 Å². The Balaban J connectivity index is 1.73. The first-order valence-corrected chi connectivity index (χ1v) is 9.52. The molecule has 0 bridgehead atoms. The van der Waals surface area contributed by atoms with Crippen molar-refractivity contribution in [2.75, 3.05) is 6.54 Å². The third-order valence-corrected chi connectivity index (χ3v) is 5.47. The van der Waals surface area contributed by atoms with Crippen molar-refractivity contribution in [2.24, 2.45) is 5.92 Å². The Morgan fingerprint density at radius 1 is 1.36 bits per heavy atom. The lowest BCUT2D eigenvalue weighted by Crippen LogP contribution is -2.47. The van der Waals surface area contributed by atoms with Crippen LogP contribution in [0, 0.1) is 5.92 Å². The first-order chi connectivity index (χ1) is 12.1. The van der Waals surface area contributed by atoms with E-state index in [9.17, 15) is 4.79 Å². The molecule has 0 amide bonds. The van der Waals surface area contributed by atoms with Crippen molar-refractivity contribution in [3.05, 3.63) is 40.4 Å². The number of H-pyrrole nitrogens is 1. The zero-order valence-electron chi connectivity index (χ0n) is 14.9. The Kier molecular flexibility index (Phi) is 5.68. The Bertz CT molecular complexity index is 803. The number of nitrogens with one attached hydrogen (secondary N) is 2. The normalized spacial score (nSPS) is 20.4. The van der Waals surface area contributed by atoms with Gasteiger partial charge in [-0.05, 0) is 50.0 Å². The molecule has 1 aliphatic carbocycles. The van der Waals surface area contributed by atoms with Gasteiger partial charge in [0.2, 0.25) is 0 Å². The molecule has 5 nitrogen and oxygen atoms in total. The van der Waals surface area contributed by atoms with E-state index >= 15 is 0 Å². The number of hydrogen-bond acceptors (Lipinski definition) is 3. The predicted molar refractivity (Wildman–Crippen MR) is 106 cm³/mol. The van der Waals surface area contributed by atoms with E-state index in [4.69, 9.17) is 12.2 Å². The van der Waals surface area contributed by atoms with Crippen LogP contribution < -0.4 is 10.9 Å². The van der Waals surface area contributed by atoms with E-state index in [1.807, 2.05) is 18.2 Å². The summed E-state index contributed by atoms with van der Waals surface area (Å²) < 4.78 is 0. The molecule has 1 fully saturated rings. The van der Waals surface area contributed by atoms with E-state index in [1.165, 1.54) is 25.7 Å². The standard InChI is InChI=1S/C19H26N4OS/c1-3-23(19(25)21-15-10-6-4-8-13(15)2)12-17-20-16-11-7-5-9-14(16)18(24)22-17/h5,7,9,11,13,15H,3-4,6,8,10,12H2,1-2H3,(H,21,25)(H,20,22,24)/t13-,15+/m1/s1. The van der Waals surface area contributed by atoms with Crippen LogP contribution >= 0.6 is 12.2 Å². The van der Waals surface area contributed by atoms with Gasteiger partial charge in [0, 0.05) is 12.6 Å². The van der Waals surface area contributed by atoms with Crippen molar-refractivity contribution >= 4 is 28.2 Å². The van der Waals surface area contributed by atoms with Crippen molar-refractivity contribution < 1.29 is 0 Å². The maximum Gasteiger partial charge on any atom is 0.258 e. The van der Waals surface area contributed by atoms with E-state index in [1.54, 1.807) is 6.07 Å². The van der Waals surface area contributed by atoms with Gasteiger partial charge in [-0.3, -0.25) is 4.79 Å². The molecule has 2 N–H and O–H groups in total. The maximum absolute atomic E-state index is 12.2. The molecule has 0 unspecified atom stereocenters. The average Bonchev–Trinajstić information content (AvgIpc) is 2.61. The highest BCUT2D eigenvalue weighted by Crippen LogP contribution is 2.24. The molecule has 0 spiro atoms. The first-order valence-electron chi connectivity index (χ1n) is 9.12. The van der Waals surface area contributed by atoms with Crippen LogP contribution in [0.5, 0.6) is 0 Å². The summed E-state index contributed by atoms with van der Waals surface area (Å²) in [5.74, 6) is 1.29. The van der Waals surface area contributed by atoms with Crippen LogP contribution in [0.2, 0.25) is 0 Å². The summed E-state index contributed by atoms with van der Waals surface area (Å²) in [6.45, 7) is 5.63. The number of fused-ring (bicyclic) bond motifs is 1. The van der Waals surface area contributed by atoms with Crippen molar-refractivity contribution in [1.29, 1.82) is 0 Å². The molecule has 0 aliphatic heterocycles. The van der Waals surface area contributed by atoms with Crippen molar-refractivity contribution in [2.45, 2.75) is 52.1 Å². The number of aromatic amines is 1. The van der Waals surface area contributed by atoms with E-state index in [2.05, 4.69) is 34.0 Å². The van der Waals surface area contributed by atoms with Crippen molar-refractivity contribution in [3.63, 3.8) is 0 Å². The molecule has 1 aliphatic rings. The van der Waals surface area contributed by atoms with Crippen LogP contribution in [0.25, 0.3) is 10.9 Å². The minimum atomic E-state index is -0.101. The molecule has 1 heterocycles. The van der Waals surface area contributed by atoms with Gasteiger partial charge in [-0.15, -0.1) is 0 Å². The number of hydrogen-bond donors (Lipinski definition) is 2. The quantitative estimate of drug-likeness (QED) is 0.822. The summed E-state index contributed by atoms with van der Waals surface area (Å²) in [7, 11) is 0. The molecule has 2 atom stereocenters. The Hall–Kier alpha value is -1.95. The highest BCUT2D eigenvalue weighted by atomic mass is 32.1. The van der Waals surface area contributed by atoms with Crippen molar-refractivity contribution in [1.82, 2.24) is 20.2 Å². The van der Waals surface area contributed by atoms with Crippen LogP contribution in [0.3, 0.4) is 0 Å². The van der Waals surface area contributed by atoms with Crippen LogP contribution in [-0.2, 0) is 6.54 Å². The second-order valence-electron chi connectivity index (χ2n) is 6.86. The van der Waals surface area contributed by atoms with E-state index < -0.39 is 0 Å². The minimum Gasteiger partial charge on any atom is -0.360 e. The molecule has 3 rings (SSSR count). The monoisotopic (exact) mass is 358 g/mol. The fourth-order valence-electron chi connectivity index (χ4n) is 3.50. The summed E-state index contributed by atoms with van der Waals surface area (Å²) in [5, 5.41) is 4.89. The van der Waals surface area contributed by atoms with Crippen LogP contribution in [-0.4, -0.2) is 32.6 Å². The molecule has 0 radical (unpaired) electrons. The molecule has 1 saturated carbocycles. The third kappa shape index (κ3) is 4.18. The number of benzene rings is 1. The molecule has 1 aromatic carbocycles. The Labute approximate surface area is 153 Å². The van der Waals surface area contributed by atoms with Gasteiger partial charge in [0.15, 0.2) is 5.11 Å². The molecule has 0 saturated heterocycles. The molecule has 6 heteroatoms. The summed E-state index contributed by atoms with van der Waals surface area (Å²) in [6, 6.07) is 7.84. The highest BCUT2D eigenvalue weighted by Gasteiger charge is 2.23. The molecule has 25 heavy (non-hydrogen) atoms. The average molecular weight is 359 g/mol. The number of thiocarbonyl (C=S) groups is 1. The smallest absolute Gasteiger partial charge is 0.258 e. The molecule has 134 valence electrons. The summed E-state index contributed by atoms with van der Waals surface area (Å²) in [6.07, 6.45) is 5.00. The summed E-state index contributed by atoms with van der Waals surface area (Å²) in [5.41, 5.74) is 0.619. The number of aromatic nitrogens is 2. The van der Waals surface area contributed by atoms with Gasteiger partial charge in [0.1, 0.15) is 5.82 Å². The Morgan fingerprint density at radius 2 is 2.12 bits per heavy atom. The lowest BCUT2D eigenvalue weighted by atomic mass is 9.86. The lowest BCUT2D eigenvalue weighted by Gasteiger charge is -2.33. The van der Waals surface area contributed by atoms with E-state index in [0.29, 0.717) is 29.7 Å². The molecular weight excluding hydrogens is 332 g/mol. The second kappa shape index (κ2) is 7.95. The second-order valence-corrected chi connectivity index (χ2v) is 7.25. The van der Waals surface area contributed by atoms with Gasteiger partial charge in [0.05, 0.1) is 17.4 Å². The van der Waals surface area contributed by atoms with Crippen LogP contribution in [0.1, 0.15) is 45.4 Å². The molecule has 2 aromatic rings. The van der Waals surface area contributed by atoms with Gasteiger partial charge in [-0.1, -0.05) is 31.9 Å². The molecule has 1 aromatic heterocycles. The number of nitrogens with zero attached hydrogens (tertiary/aromatic N) is 2. The first kappa shape index (κ1) is 17.9. The van der Waals surface area contributed by atoms with Crippen LogP contribution in [0.15, 0.2) is 29.1 Å². The lowest BCUT2D eigenvalue weighted by molar-refractivity contribution is 0.296. The van der Waals surface area contributed by atoms with E-state index in [0.717, 1.165) is 17.2 Å². The van der Waals surface area contributed by atoms with Gasteiger partial charge in [-0.25, -0.2) is 4.98 Å². The zero-order valence-corrected chi connectivity index (χ0v) is 15.7. The highest BCUT2D eigenvalue weighted by molar-refractivity contribution is 7.80. The summed E-state index contributed by atoms with van der Waals surface area (Å²) >= 11 is 5.63. The zero-order chi connectivity index (χ0) is 17.8. The predicted octanol–water partition coefficient (Wildman–Crippen LogP) is 3.20. The number of rotatable bonds is 4.